The van der Waals surface area contributed by atoms with Crippen LogP contribution in [0.4, 0.5) is 4.79 Å². The molecular weight excluding hydrogens is 458 g/mol. The molecular formula is C23H41N5O7. The SMILES string of the molecule is CNCC1CCC(C(=O)NCC(=O)NCCCCC(C)NC(=O)NC(CCC(=O)O)C(=O)O)CC1. The van der Waals surface area contributed by atoms with Crippen molar-refractivity contribution >= 4 is 29.8 Å². The minimum atomic E-state index is -1.29. The standard InChI is InChI=1S/C23H41N5O7/c1-15(27-23(35)28-18(22(33)34)10-11-20(30)31)5-3-4-12-25-19(29)14-26-21(32)17-8-6-16(7-9-17)13-24-2/h15-18,24H,3-14H2,1-2H3,(H,25,29)(H,26,32)(H,30,31)(H,33,34)(H2,27,28,35). The lowest BCUT2D eigenvalue weighted by atomic mass is 9.81. The monoisotopic (exact) mass is 499 g/mol. The highest BCUT2D eigenvalue weighted by atomic mass is 16.4. The highest BCUT2D eigenvalue weighted by Gasteiger charge is 2.26. The van der Waals surface area contributed by atoms with Crippen LogP contribution in [-0.4, -0.2) is 78.8 Å². The summed E-state index contributed by atoms with van der Waals surface area (Å²) in [6.07, 6.45) is 5.18. The van der Waals surface area contributed by atoms with E-state index >= 15 is 0 Å². The van der Waals surface area contributed by atoms with Gasteiger partial charge in [0.05, 0.1) is 6.54 Å². The zero-order valence-electron chi connectivity index (χ0n) is 20.7. The van der Waals surface area contributed by atoms with Crippen LogP contribution in [0.5, 0.6) is 0 Å². The number of urea groups is 1. The minimum Gasteiger partial charge on any atom is -0.481 e. The normalized spacial score (nSPS) is 19.1. The lowest BCUT2D eigenvalue weighted by Crippen LogP contribution is -2.48. The van der Waals surface area contributed by atoms with Gasteiger partial charge in [-0.2, -0.15) is 0 Å². The van der Waals surface area contributed by atoms with Gasteiger partial charge in [-0.3, -0.25) is 14.4 Å². The van der Waals surface area contributed by atoms with E-state index in [-0.39, 0.29) is 43.2 Å². The maximum atomic E-state index is 12.3. The van der Waals surface area contributed by atoms with Crippen molar-refractivity contribution in [1.29, 1.82) is 0 Å². The molecule has 1 aliphatic rings. The Kier molecular flexibility index (Phi) is 14.4. The van der Waals surface area contributed by atoms with E-state index in [9.17, 15) is 24.0 Å². The Morgan fingerprint density at radius 3 is 2.20 bits per heavy atom. The number of amides is 4. The Balaban J connectivity index is 2.13. The summed E-state index contributed by atoms with van der Waals surface area (Å²) in [5.41, 5.74) is 0. The summed E-state index contributed by atoms with van der Waals surface area (Å²) in [5, 5.41) is 31.3. The van der Waals surface area contributed by atoms with Crippen molar-refractivity contribution < 1.29 is 34.2 Å². The highest BCUT2D eigenvalue weighted by Crippen LogP contribution is 2.28. The van der Waals surface area contributed by atoms with E-state index in [1.807, 2.05) is 7.05 Å². The fourth-order valence-electron chi connectivity index (χ4n) is 4.12. The average molecular weight is 500 g/mol. The Bertz CT molecular complexity index is 710. The molecule has 0 heterocycles. The van der Waals surface area contributed by atoms with Crippen LogP contribution in [0.2, 0.25) is 0 Å². The summed E-state index contributed by atoms with van der Waals surface area (Å²) in [6.45, 7) is 3.14. The number of carboxylic acids is 2. The predicted octanol–water partition coefficient (Wildman–Crippen LogP) is 0.421. The first-order valence-electron chi connectivity index (χ1n) is 12.3. The number of unbranched alkanes of at least 4 members (excludes halogenated alkanes) is 1. The van der Waals surface area contributed by atoms with Crippen molar-refractivity contribution in [3.63, 3.8) is 0 Å². The molecule has 1 rings (SSSR count). The summed E-state index contributed by atoms with van der Waals surface area (Å²) in [7, 11) is 1.93. The van der Waals surface area contributed by atoms with E-state index in [0.29, 0.717) is 31.7 Å². The molecule has 4 amide bonds. The Hall–Kier alpha value is -2.89. The lowest BCUT2D eigenvalue weighted by Gasteiger charge is -2.27. The van der Waals surface area contributed by atoms with Gasteiger partial charge in [0.1, 0.15) is 6.04 Å². The van der Waals surface area contributed by atoms with Crippen LogP contribution in [-0.2, 0) is 19.2 Å². The third-order valence-electron chi connectivity index (χ3n) is 6.15. The van der Waals surface area contributed by atoms with Crippen LogP contribution < -0.4 is 26.6 Å². The van der Waals surface area contributed by atoms with E-state index in [4.69, 9.17) is 10.2 Å². The molecule has 1 aliphatic carbocycles. The van der Waals surface area contributed by atoms with Gasteiger partial charge in [0.2, 0.25) is 11.8 Å². The van der Waals surface area contributed by atoms with Crippen LogP contribution in [0.1, 0.15) is 64.7 Å². The Morgan fingerprint density at radius 2 is 1.60 bits per heavy atom. The third kappa shape index (κ3) is 13.5. The van der Waals surface area contributed by atoms with Gasteiger partial charge in [0, 0.05) is 24.9 Å². The number of aliphatic carboxylic acids is 2. The van der Waals surface area contributed by atoms with Crippen LogP contribution >= 0.6 is 0 Å². The van der Waals surface area contributed by atoms with Gasteiger partial charge in [-0.05, 0) is 77.8 Å². The first-order chi connectivity index (χ1) is 16.6. The molecule has 0 spiro atoms. The van der Waals surface area contributed by atoms with Crippen molar-refractivity contribution in [2.45, 2.75) is 76.8 Å². The van der Waals surface area contributed by atoms with Crippen molar-refractivity contribution in [1.82, 2.24) is 26.6 Å². The molecule has 2 atom stereocenters. The molecule has 0 aromatic rings. The van der Waals surface area contributed by atoms with E-state index < -0.39 is 24.0 Å². The zero-order valence-corrected chi connectivity index (χ0v) is 20.7. The molecule has 0 bridgehead atoms. The molecule has 1 fully saturated rings. The van der Waals surface area contributed by atoms with Gasteiger partial charge < -0.3 is 36.8 Å². The number of carbonyl (C=O) groups is 5. The largest absolute Gasteiger partial charge is 0.481 e. The van der Waals surface area contributed by atoms with Crippen LogP contribution in [0, 0.1) is 11.8 Å². The fourth-order valence-corrected chi connectivity index (χ4v) is 4.12. The Labute approximate surface area is 206 Å². The Morgan fingerprint density at radius 1 is 0.914 bits per heavy atom. The summed E-state index contributed by atoms with van der Waals surface area (Å²) in [5.74, 6) is -2.14. The van der Waals surface area contributed by atoms with E-state index in [1.165, 1.54) is 0 Å². The van der Waals surface area contributed by atoms with E-state index in [0.717, 1.165) is 32.2 Å². The van der Waals surface area contributed by atoms with Gasteiger partial charge in [-0.15, -0.1) is 0 Å². The average Bonchev–Trinajstić information content (AvgIpc) is 2.80. The molecule has 7 N–H and O–H groups in total. The molecule has 0 aliphatic heterocycles. The molecule has 12 heteroatoms. The number of carboxylic acid groups (broad SMARTS) is 2. The molecule has 200 valence electrons. The molecule has 0 radical (unpaired) electrons. The molecule has 0 aromatic heterocycles. The molecule has 12 nitrogen and oxygen atoms in total. The molecule has 0 saturated heterocycles. The summed E-state index contributed by atoms with van der Waals surface area (Å²) in [4.78, 5) is 57.9. The number of carbonyl (C=O) groups excluding carboxylic acids is 3. The van der Waals surface area contributed by atoms with Crippen molar-refractivity contribution in [3.05, 3.63) is 0 Å². The highest BCUT2D eigenvalue weighted by molar-refractivity contribution is 5.85. The number of rotatable bonds is 16. The van der Waals surface area contributed by atoms with Gasteiger partial charge in [0.15, 0.2) is 0 Å². The molecule has 2 unspecified atom stereocenters. The van der Waals surface area contributed by atoms with Crippen LogP contribution in [0.15, 0.2) is 0 Å². The molecule has 1 saturated carbocycles. The molecule has 0 aromatic carbocycles. The van der Waals surface area contributed by atoms with E-state index in [1.54, 1.807) is 6.92 Å². The first-order valence-corrected chi connectivity index (χ1v) is 12.3. The lowest BCUT2D eigenvalue weighted by molar-refractivity contribution is -0.140. The van der Waals surface area contributed by atoms with Crippen molar-refractivity contribution in [2.24, 2.45) is 11.8 Å². The molecule has 35 heavy (non-hydrogen) atoms. The summed E-state index contributed by atoms with van der Waals surface area (Å²) in [6, 6.07) is -2.18. The summed E-state index contributed by atoms with van der Waals surface area (Å²) < 4.78 is 0. The van der Waals surface area contributed by atoms with Gasteiger partial charge >= 0.3 is 18.0 Å². The number of hydrogen-bond donors (Lipinski definition) is 7. The third-order valence-corrected chi connectivity index (χ3v) is 6.15. The van der Waals surface area contributed by atoms with Crippen molar-refractivity contribution in [3.8, 4) is 0 Å². The number of hydrogen-bond acceptors (Lipinski definition) is 6. The quantitative estimate of drug-likeness (QED) is 0.149. The van der Waals surface area contributed by atoms with Gasteiger partial charge in [0.25, 0.3) is 0 Å². The zero-order chi connectivity index (χ0) is 26.2. The maximum absolute atomic E-state index is 12.3. The van der Waals surface area contributed by atoms with Gasteiger partial charge in [-0.1, -0.05) is 0 Å². The van der Waals surface area contributed by atoms with Gasteiger partial charge in [-0.25, -0.2) is 9.59 Å². The summed E-state index contributed by atoms with van der Waals surface area (Å²) >= 11 is 0. The second-order valence-corrected chi connectivity index (χ2v) is 9.18. The first kappa shape index (κ1) is 30.1. The predicted molar refractivity (Wildman–Crippen MR) is 129 cm³/mol. The maximum Gasteiger partial charge on any atom is 0.326 e. The smallest absolute Gasteiger partial charge is 0.326 e. The van der Waals surface area contributed by atoms with Crippen LogP contribution in [0.25, 0.3) is 0 Å². The van der Waals surface area contributed by atoms with Crippen LogP contribution in [0.3, 0.4) is 0 Å². The van der Waals surface area contributed by atoms with Crippen molar-refractivity contribution in [2.75, 3.05) is 26.7 Å². The second kappa shape index (κ2) is 16.7. The second-order valence-electron chi connectivity index (χ2n) is 9.18. The number of nitrogens with one attached hydrogen (secondary N) is 5. The van der Waals surface area contributed by atoms with E-state index in [2.05, 4.69) is 26.6 Å². The topological polar surface area (TPSA) is 186 Å². The fraction of sp³-hybridized carbons (Fsp3) is 0.783. The minimum absolute atomic E-state index is 0.0231.